The van der Waals surface area contributed by atoms with Gasteiger partial charge in [0, 0.05) is 45.7 Å². The highest BCUT2D eigenvalue weighted by Gasteiger charge is 2.22. The Labute approximate surface area is 222 Å². The third-order valence-electron chi connectivity index (χ3n) is 6.92. The summed E-state index contributed by atoms with van der Waals surface area (Å²) in [5.74, 6) is 0.497. The highest BCUT2D eigenvalue weighted by Crippen LogP contribution is 2.22. The molecule has 0 saturated heterocycles. The van der Waals surface area contributed by atoms with Crippen LogP contribution in [0.4, 0.5) is 16.0 Å². The minimum atomic E-state index is -1.14. The standard InChI is InChI=1S/C27H38FN7O3/c1-34-14-10-22-25(30-18-31-26(22)34)33-23(27(36)37)11-15-35(16-20(28)17-38-2)13-4-3-7-21-9-8-19-6-5-12-29-24(19)32-21/h8-10,14,18,20,23H,3-7,11-13,15-17H2,1-2H3,(H,29,32)(H,36,37)(H,30,31,33). The smallest absolute Gasteiger partial charge is 0.326 e. The molecule has 206 valence electrons. The summed E-state index contributed by atoms with van der Waals surface area (Å²) in [6.07, 6.45) is 7.25. The summed E-state index contributed by atoms with van der Waals surface area (Å²) in [6, 6.07) is 5.24. The average Bonchev–Trinajstić information content (AvgIpc) is 3.30. The van der Waals surface area contributed by atoms with Crippen LogP contribution in [0.1, 0.15) is 36.9 Å². The number of pyridine rings is 1. The van der Waals surface area contributed by atoms with E-state index in [-0.39, 0.29) is 13.2 Å². The number of nitrogens with zero attached hydrogens (tertiary/aromatic N) is 5. The fourth-order valence-corrected chi connectivity index (χ4v) is 4.88. The van der Waals surface area contributed by atoms with Gasteiger partial charge in [-0.15, -0.1) is 0 Å². The summed E-state index contributed by atoms with van der Waals surface area (Å²) in [7, 11) is 3.35. The van der Waals surface area contributed by atoms with Gasteiger partial charge in [0.2, 0.25) is 0 Å². The zero-order valence-electron chi connectivity index (χ0n) is 22.2. The third-order valence-corrected chi connectivity index (χ3v) is 6.92. The first kappa shape index (κ1) is 27.7. The number of halogens is 1. The molecule has 3 aromatic heterocycles. The van der Waals surface area contributed by atoms with E-state index in [9.17, 15) is 14.3 Å². The zero-order chi connectivity index (χ0) is 26.9. The van der Waals surface area contributed by atoms with Gasteiger partial charge in [0.15, 0.2) is 0 Å². The van der Waals surface area contributed by atoms with Crippen LogP contribution >= 0.6 is 0 Å². The van der Waals surface area contributed by atoms with E-state index in [0.717, 1.165) is 61.2 Å². The summed E-state index contributed by atoms with van der Waals surface area (Å²) in [6.45, 7) is 2.26. The molecule has 38 heavy (non-hydrogen) atoms. The molecule has 2 unspecified atom stereocenters. The van der Waals surface area contributed by atoms with Crippen molar-refractivity contribution in [2.24, 2.45) is 7.05 Å². The summed E-state index contributed by atoms with van der Waals surface area (Å²) in [5, 5.41) is 17.1. The Balaban J connectivity index is 1.33. The summed E-state index contributed by atoms with van der Waals surface area (Å²) in [4.78, 5) is 27.3. The number of alkyl halides is 1. The number of aryl methyl sites for hydroxylation is 3. The van der Waals surface area contributed by atoms with Crippen LogP contribution < -0.4 is 10.6 Å². The second-order valence-corrected chi connectivity index (χ2v) is 9.86. The van der Waals surface area contributed by atoms with Gasteiger partial charge in [0.05, 0.1) is 12.0 Å². The van der Waals surface area contributed by atoms with Crippen LogP contribution in [0.15, 0.2) is 30.7 Å². The zero-order valence-corrected chi connectivity index (χ0v) is 22.2. The maximum atomic E-state index is 14.5. The number of nitrogens with one attached hydrogen (secondary N) is 2. The van der Waals surface area contributed by atoms with E-state index in [0.29, 0.717) is 25.3 Å². The van der Waals surface area contributed by atoms with Crippen LogP contribution in [0.25, 0.3) is 11.0 Å². The molecule has 0 spiro atoms. The molecule has 10 nitrogen and oxygen atoms in total. The highest BCUT2D eigenvalue weighted by atomic mass is 19.1. The van der Waals surface area contributed by atoms with Crippen molar-refractivity contribution in [1.29, 1.82) is 0 Å². The molecule has 0 bridgehead atoms. The van der Waals surface area contributed by atoms with E-state index in [1.807, 2.05) is 28.8 Å². The Morgan fingerprint density at radius 3 is 2.97 bits per heavy atom. The average molecular weight is 528 g/mol. The van der Waals surface area contributed by atoms with Crippen LogP contribution in [0.5, 0.6) is 0 Å². The first-order valence-corrected chi connectivity index (χ1v) is 13.3. The molecule has 0 amide bonds. The number of carboxylic acids is 1. The number of ether oxygens (including phenoxy) is 1. The van der Waals surface area contributed by atoms with Crippen molar-refractivity contribution < 1.29 is 19.0 Å². The van der Waals surface area contributed by atoms with Gasteiger partial charge in [-0.1, -0.05) is 6.07 Å². The van der Waals surface area contributed by atoms with E-state index in [2.05, 4.69) is 32.7 Å². The molecule has 0 radical (unpaired) electrons. The Hall–Kier alpha value is -3.31. The van der Waals surface area contributed by atoms with Gasteiger partial charge in [-0.25, -0.2) is 24.1 Å². The Kier molecular flexibility index (Phi) is 9.83. The Morgan fingerprint density at radius 2 is 2.16 bits per heavy atom. The fourth-order valence-electron chi connectivity index (χ4n) is 4.88. The molecule has 0 saturated carbocycles. The number of carboxylic acid groups (broad SMARTS) is 1. The number of hydrogen-bond donors (Lipinski definition) is 3. The molecule has 1 aliphatic heterocycles. The molecular formula is C27H38FN7O3. The van der Waals surface area contributed by atoms with E-state index >= 15 is 0 Å². The van der Waals surface area contributed by atoms with Crippen molar-refractivity contribution in [3.8, 4) is 0 Å². The Morgan fingerprint density at radius 1 is 1.29 bits per heavy atom. The van der Waals surface area contributed by atoms with Crippen molar-refractivity contribution in [3.63, 3.8) is 0 Å². The van der Waals surface area contributed by atoms with Crippen LogP contribution in [-0.2, 0) is 29.4 Å². The van der Waals surface area contributed by atoms with E-state index in [1.54, 1.807) is 0 Å². The van der Waals surface area contributed by atoms with Crippen LogP contribution in [0.3, 0.4) is 0 Å². The number of fused-ring (bicyclic) bond motifs is 2. The number of rotatable bonds is 15. The minimum Gasteiger partial charge on any atom is -0.480 e. The quantitative estimate of drug-likeness (QED) is 0.256. The number of aromatic nitrogens is 4. The first-order chi connectivity index (χ1) is 18.4. The van der Waals surface area contributed by atoms with Crippen LogP contribution in [0, 0.1) is 0 Å². The van der Waals surface area contributed by atoms with E-state index < -0.39 is 18.2 Å². The second-order valence-electron chi connectivity index (χ2n) is 9.86. The minimum absolute atomic E-state index is 0.01000. The molecule has 4 rings (SSSR count). The lowest BCUT2D eigenvalue weighted by molar-refractivity contribution is -0.138. The molecule has 0 fully saturated rings. The van der Waals surface area contributed by atoms with Crippen LogP contribution in [0.2, 0.25) is 0 Å². The molecule has 3 N–H and O–H groups in total. The topological polar surface area (TPSA) is 117 Å². The molecule has 4 heterocycles. The third kappa shape index (κ3) is 7.38. The summed E-state index contributed by atoms with van der Waals surface area (Å²) >= 11 is 0. The normalized spacial score (nSPS) is 14.7. The molecule has 2 atom stereocenters. The van der Waals surface area contributed by atoms with Gasteiger partial charge in [0.1, 0.15) is 35.8 Å². The molecule has 11 heteroatoms. The number of hydrogen-bond acceptors (Lipinski definition) is 8. The number of anilines is 2. The summed E-state index contributed by atoms with van der Waals surface area (Å²) in [5.41, 5.74) is 3.05. The molecule has 0 aromatic carbocycles. The predicted molar refractivity (Wildman–Crippen MR) is 145 cm³/mol. The van der Waals surface area contributed by atoms with Gasteiger partial charge in [-0.3, -0.25) is 0 Å². The SMILES string of the molecule is COCC(F)CN(CCCCc1ccc2c(n1)NCCC2)CCC(Nc1ncnc2c1ccn2C)C(=O)O. The second kappa shape index (κ2) is 13.5. The maximum Gasteiger partial charge on any atom is 0.326 e. The van der Waals surface area contributed by atoms with Gasteiger partial charge < -0.3 is 29.9 Å². The molecule has 0 aliphatic carbocycles. The number of aliphatic carboxylic acids is 1. The van der Waals surface area contributed by atoms with Crippen molar-refractivity contribution >= 4 is 28.6 Å². The van der Waals surface area contributed by atoms with Crippen molar-refractivity contribution in [2.75, 3.05) is 50.5 Å². The van der Waals surface area contributed by atoms with Crippen molar-refractivity contribution in [2.45, 2.75) is 50.7 Å². The highest BCUT2D eigenvalue weighted by molar-refractivity contribution is 5.89. The van der Waals surface area contributed by atoms with Crippen molar-refractivity contribution in [3.05, 3.63) is 42.0 Å². The van der Waals surface area contributed by atoms with Gasteiger partial charge in [0.25, 0.3) is 0 Å². The van der Waals surface area contributed by atoms with Gasteiger partial charge in [-0.05, 0) is 62.8 Å². The summed E-state index contributed by atoms with van der Waals surface area (Å²) < 4.78 is 21.3. The maximum absolute atomic E-state index is 14.5. The monoisotopic (exact) mass is 527 g/mol. The predicted octanol–water partition coefficient (Wildman–Crippen LogP) is 3.29. The van der Waals surface area contributed by atoms with Gasteiger partial charge >= 0.3 is 5.97 Å². The van der Waals surface area contributed by atoms with Crippen LogP contribution in [-0.4, -0.2) is 87.6 Å². The number of carbonyl (C=O) groups is 1. The van der Waals surface area contributed by atoms with Crippen molar-refractivity contribution in [1.82, 2.24) is 24.4 Å². The lowest BCUT2D eigenvalue weighted by Crippen LogP contribution is -2.38. The fraction of sp³-hybridized carbons (Fsp3) is 0.556. The van der Waals surface area contributed by atoms with E-state index in [4.69, 9.17) is 9.72 Å². The molecule has 1 aliphatic rings. The molecule has 3 aromatic rings. The lowest BCUT2D eigenvalue weighted by Gasteiger charge is -2.26. The van der Waals surface area contributed by atoms with E-state index in [1.165, 1.54) is 19.0 Å². The lowest BCUT2D eigenvalue weighted by atomic mass is 10.1. The number of unbranched alkanes of at least 4 members (excludes halogenated alkanes) is 1. The van der Waals surface area contributed by atoms with Gasteiger partial charge in [-0.2, -0.15) is 0 Å². The molecular weight excluding hydrogens is 489 g/mol. The Bertz CT molecular complexity index is 1200. The first-order valence-electron chi connectivity index (χ1n) is 13.3. The number of methoxy groups -OCH3 is 1. The largest absolute Gasteiger partial charge is 0.480 e.